The number of nitrogens with zero attached hydrogens (tertiary/aromatic N) is 7. The number of ether oxygens (including phenoxy) is 2. The van der Waals surface area contributed by atoms with E-state index in [1.807, 2.05) is 26.0 Å². The van der Waals surface area contributed by atoms with E-state index >= 15 is 0 Å². The van der Waals surface area contributed by atoms with Gasteiger partial charge in [-0.3, -0.25) is 0 Å². The molecule has 11 nitrogen and oxygen atoms in total. The molecule has 0 saturated heterocycles. The minimum absolute atomic E-state index is 0.152. The predicted molar refractivity (Wildman–Crippen MR) is 118 cm³/mol. The molecule has 0 atom stereocenters. The van der Waals surface area contributed by atoms with Crippen LogP contribution < -0.4 is 0 Å². The van der Waals surface area contributed by atoms with Gasteiger partial charge < -0.3 is 18.3 Å². The van der Waals surface area contributed by atoms with Crippen molar-refractivity contribution in [3.63, 3.8) is 0 Å². The van der Waals surface area contributed by atoms with Crippen LogP contribution in [0, 0.1) is 0 Å². The monoisotopic (exact) mass is 495 g/mol. The molecule has 0 saturated carbocycles. The minimum Gasteiger partial charge on any atom is -0.409 e. The normalized spacial score (nSPS) is 11.3. The first-order valence-corrected chi connectivity index (χ1v) is 11.9. The third-order valence-electron chi connectivity index (χ3n) is 3.91. The Morgan fingerprint density at radius 2 is 1.50 bits per heavy atom. The van der Waals surface area contributed by atoms with Crippen LogP contribution in [0.3, 0.4) is 0 Å². The highest BCUT2D eigenvalue weighted by Gasteiger charge is 2.27. The molecule has 0 aliphatic heterocycles. The molecular weight excluding hydrogens is 478 g/mol. The second-order valence-corrected chi connectivity index (χ2v) is 8.06. The van der Waals surface area contributed by atoms with Gasteiger partial charge in [-0.15, -0.1) is 25.5 Å². The van der Waals surface area contributed by atoms with E-state index in [-0.39, 0.29) is 17.5 Å². The zero-order chi connectivity index (χ0) is 22.3. The summed E-state index contributed by atoms with van der Waals surface area (Å²) in [4.78, 5) is 0. The first kappa shape index (κ1) is 22.7. The van der Waals surface area contributed by atoms with Gasteiger partial charge in [-0.1, -0.05) is 28.9 Å². The third kappa shape index (κ3) is 5.13. The first-order valence-electron chi connectivity index (χ1n) is 9.50. The summed E-state index contributed by atoms with van der Waals surface area (Å²) in [6, 6.07) is 7.19. The molecule has 14 heteroatoms. The van der Waals surface area contributed by atoms with Gasteiger partial charge in [0.25, 0.3) is 22.2 Å². The van der Waals surface area contributed by atoms with Crippen molar-refractivity contribution in [3.05, 3.63) is 29.3 Å². The van der Waals surface area contributed by atoms with Crippen LogP contribution in [0.5, 0.6) is 0 Å². The molecule has 1 aromatic carbocycles. The molecule has 0 radical (unpaired) electrons. The smallest absolute Gasteiger partial charge is 0.279 e. The van der Waals surface area contributed by atoms with Crippen LogP contribution in [0.2, 0.25) is 5.02 Å². The number of aromatic nitrogens is 7. The van der Waals surface area contributed by atoms with Gasteiger partial charge in [0.2, 0.25) is 0 Å². The number of hydrogen-bond acceptors (Lipinski definition) is 12. The summed E-state index contributed by atoms with van der Waals surface area (Å²) in [6.45, 7) is 4.99. The lowest BCUT2D eigenvalue weighted by Crippen LogP contribution is -2.00. The molecule has 0 amide bonds. The van der Waals surface area contributed by atoms with Crippen LogP contribution in [0.1, 0.15) is 13.8 Å². The Labute approximate surface area is 196 Å². The standard InChI is InChI=1S/C18H18ClN7O4S2/c1-3-27-9-31-17-23-21-15(29-17)13-14(16-22-24-18(30-16)32-10-28-4-2)26(25-20-13)12-8-6-5-7-11(12)19/h5-8H,3-4,9-10H2,1-2H3. The summed E-state index contributed by atoms with van der Waals surface area (Å²) >= 11 is 8.95. The second kappa shape index (κ2) is 10.9. The maximum atomic E-state index is 6.39. The summed E-state index contributed by atoms with van der Waals surface area (Å²) in [5.74, 6) is 1.10. The van der Waals surface area contributed by atoms with Crippen molar-refractivity contribution in [2.75, 3.05) is 25.1 Å². The van der Waals surface area contributed by atoms with Gasteiger partial charge in [-0.05, 0) is 49.5 Å². The van der Waals surface area contributed by atoms with Crippen LogP contribution in [-0.2, 0) is 9.47 Å². The highest BCUT2D eigenvalue weighted by Crippen LogP contribution is 2.34. The molecule has 0 aliphatic rings. The fraction of sp³-hybridized carbons (Fsp3) is 0.333. The summed E-state index contributed by atoms with van der Waals surface area (Å²) in [5, 5.41) is 26.0. The lowest BCUT2D eigenvalue weighted by Gasteiger charge is -2.05. The minimum atomic E-state index is 0.152. The molecule has 0 unspecified atom stereocenters. The average molecular weight is 496 g/mol. The molecule has 4 rings (SSSR count). The molecule has 0 aliphatic carbocycles. The van der Waals surface area contributed by atoms with Crippen molar-refractivity contribution in [1.82, 2.24) is 35.4 Å². The van der Waals surface area contributed by atoms with Crippen LogP contribution in [0.15, 0.2) is 43.5 Å². The molecule has 32 heavy (non-hydrogen) atoms. The van der Waals surface area contributed by atoms with Crippen molar-refractivity contribution in [3.8, 4) is 28.9 Å². The van der Waals surface area contributed by atoms with Gasteiger partial charge in [0, 0.05) is 13.2 Å². The van der Waals surface area contributed by atoms with Gasteiger partial charge in [0.15, 0.2) is 11.4 Å². The van der Waals surface area contributed by atoms with E-state index in [2.05, 4.69) is 30.7 Å². The molecular formula is C18H18ClN7O4S2. The number of halogens is 1. The van der Waals surface area contributed by atoms with Crippen molar-refractivity contribution in [1.29, 1.82) is 0 Å². The Hall–Kier alpha value is -2.45. The Kier molecular flexibility index (Phi) is 7.76. The molecule has 168 valence electrons. The van der Waals surface area contributed by atoms with Crippen molar-refractivity contribution in [2.45, 2.75) is 24.3 Å². The van der Waals surface area contributed by atoms with Gasteiger partial charge in [-0.2, -0.15) is 0 Å². The number of thioether (sulfide) groups is 2. The largest absolute Gasteiger partial charge is 0.409 e. The Morgan fingerprint density at radius 1 is 0.875 bits per heavy atom. The highest BCUT2D eigenvalue weighted by molar-refractivity contribution is 7.99. The van der Waals surface area contributed by atoms with Gasteiger partial charge >= 0.3 is 0 Å². The maximum absolute atomic E-state index is 6.39. The summed E-state index contributed by atoms with van der Waals surface area (Å²) < 4.78 is 23.7. The molecule has 0 spiro atoms. The Morgan fingerprint density at radius 3 is 2.16 bits per heavy atom. The lowest BCUT2D eigenvalue weighted by atomic mass is 10.2. The quantitative estimate of drug-likeness (QED) is 0.168. The van der Waals surface area contributed by atoms with Crippen LogP contribution in [0.4, 0.5) is 0 Å². The van der Waals surface area contributed by atoms with Crippen LogP contribution >= 0.6 is 35.1 Å². The zero-order valence-corrected chi connectivity index (χ0v) is 19.5. The zero-order valence-electron chi connectivity index (χ0n) is 17.1. The van der Waals surface area contributed by atoms with E-state index in [9.17, 15) is 0 Å². The summed E-state index contributed by atoms with van der Waals surface area (Å²) in [6.07, 6.45) is 0. The van der Waals surface area contributed by atoms with E-state index in [1.165, 1.54) is 28.2 Å². The van der Waals surface area contributed by atoms with Gasteiger partial charge in [0.1, 0.15) is 11.9 Å². The highest BCUT2D eigenvalue weighted by atomic mass is 35.5. The van der Waals surface area contributed by atoms with E-state index in [0.29, 0.717) is 51.9 Å². The lowest BCUT2D eigenvalue weighted by molar-refractivity contribution is 0.198. The van der Waals surface area contributed by atoms with Gasteiger partial charge in [0.05, 0.1) is 10.7 Å². The van der Waals surface area contributed by atoms with Gasteiger partial charge in [-0.25, -0.2) is 4.68 Å². The molecule has 3 aromatic heterocycles. The van der Waals surface area contributed by atoms with E-state index in [1.54, 1.807) is 12.1 Å². The van der Waals surface area contributed by atoms with E-state index in [4.69, 9.17) is 29.9 Å². The fourth-order valence-corrected chi connectivity index (χ4v) is 3.88. The van der Waals surface area contributed by atoms with E-state index in [0.717, 1.165) is 0 Å². The molecule has 3 heterocycles. The Balaban J connectivity index is 1.73. The topological polar surface area (TPSA) is 127 Å². The van der Waals surface area contributed by atoms with E-state index < -0.39 is 0 Å². The van der Waals surface area contributed by atoms with Crippen LogP contribution in [0.25, 0.3) is 28.9 Å². The predicted octanol–water partition coefficient (Wildman–Crippen LogP) is 4.19. The SMILES string of the molecule is CCOCSc1nnc(-c2nnn(-c3ccccc3Cl)c2-c2nnc(SCOCC)o2)o1. The van der Waals surface area contributed by atoms with Crippen molar-refractivity contribution < 1.29 is 18.3 Å². The average Bonchev–Trinajstić information content (AvgIpc) is 3.53. The number of rotatable bonds is 11. The Bertz CT molecular complexity index is 1170. The third-order valence-corrected chi connectivity index (χ3v) is 5.62. The summed E-state index contributed by atoms with van der Waals surface area (Å²) in [7, 11) is 0. The molecule has 0 fully saturated rings. The fourth-order valence-electron chi connectivity index (χ4n) is 2.49. The number of benzene rings is 1. The first-order chi connectivity index (χ1) is 15.7. The maximum Gasteiger partial charge on any atom is 0.279 e. The molecule has 4 aromatic rings. The van der Waals surface area contributed by atoms with Crippen molar-refractivity contribution in [2.24, 2.45) is 0 Å². The molecule has 0 N–H and O–H groups in total. The number of para-hydroxylation sites is 1. The second-order valence-electron chi connectivity index (χ2n) is 5.91. The number of hydrogen-bond donors (Lipinski definition) is 0. The molecule has 0 bridgehead atoms. The summed E-state index contributed by atoms with van der Waals surface area (Å²) in [5.41, 5.74) is 1.24. The van der Waals surface area contributed by atoms with Crippen molar-refractivity contribution >= 4 is 35.1 Å². The van der Waals surface area contributed by atoms with Crippen LogP contribution in [-0.4, -0.2) is 60.5 Å².